The van der Waals surface area contributed by atoms with Gasteiger partial charge in [-0.3, -0.25) is 9.59 Å². The van der Waals surface area contributed by atoms with Gasteiger partial charge >= 0.3 is 0 Å². The number of halogens is 2. The smallest absolute Gasteiger partial charge is 0.229 e. The third kappa shape index (κ3) is 3.86. The van der Waals surface area contributed by atoms with Crippen LogP contribution in [0, 0.1) is 17.7 Å². The first-order valence-electron chi connectivity index (χ1n) is 9.24. The maximum atomic E-state index is 14.7. The van der Waals surface area contributed by atoms with Gasteiger partial charge in [0.25, 0.3) is 0 Å². The number of carbonyl (C=O) groups is 2. The molecule has 2 heterocycles. The van der Waals surface area contributed by atoms with Crippen LogP contribution < -0.4 is 10.6 Å². The number of nitrogens with one attached hydrogen (secondary N) is 2. The molecule has 1 saturated carbocycles. The second-order valence-electron chi connectivity index (χ2n) is 7.38. The van der Waals surface area contributed by atoms with Crippen LogP contribution in [0.4, 0.5) is 10.1 Å². The second-order valence-corrected chi connectivity index (χ2v) is 7.38. The molecule has 1 aromatic rings. The summed E-state index contributed by atoms with van der Waals surface area (Å²) in [6, 6.07) is 3.53. The summed E-state index contributed by atoms with van der Waals surface area (Å²) in [5.41, 5.74) is 1.92. The Balaban J connectivity index is 0.00000196. The Morgan fingerprint density at radius 3 is 2.77 bits per heavy atom. The number of rotatable bonds is 3. The van der Waals surface area contributed by atoms with Gasteiger partial charge in [-0.1, -0.05) is 6.07 Å². The van der Waals surface area contributed by atoms with Gasteiger partial charge in [0.2, 0.25) is 11.8 Å². The van der Waals surface area contributed by atoms with Crippen LogP contribution in [0.3, 0.4) is 0 Å². The molecule has 1 aromatic carbocycles. The molecule has 0 spiro atoms. The predicted molar refractivity (Wildman–Crippen MR) is 99.7 cm³/mol. The summed E-state index contributed by atoms with van der Waals surface area (Å²) in [6.45, 7) is 2.61. The normalized spacial score (nSPS) is 22.2. The number of nitrogens with zero attached hydrogens (tertiary/aromatic N) is 1. The van der Waals surface area contributed by atoms with Crippen molar-refractivity contribution in [3.05, 3.63) is 29.1 Å². The summed E-state index contributed by atoms with van der Waals surface area (Å²) < 4.78 is 14.7. The Morgan fingerprint density at radius 2 is 2.00 bits per heavy atom. The first-order valence-corrected chi connectivity index (χ1v) is 9.24. The lowest BCUT2D eigenvalue weighted by Crippen LogP contribution is -2.44. The zero-order valence-electron chi connectivity index (χ0n) is 14.7. The average Bonchev–Trinajstić information content (AvgIpc) is 3.49. The lowest BCUT2D eigenvalue weighted by molar-refractivity contribution is -0.135. The highest BCUT2D eigenvalue weighted by Gasteiger charge is 2.36. The number of hydrogen-bond donors (Lipinski definition) is 2. The van der Waals surface area contributed by atoms with Crippen LogP contribution in [0.15, 0.2) is 12.1 Å². The molecule has 142 valence electrons. The van der Waals surface area contributed by atoms with E-state index in [1.165, 1.54) is 0 Å². The van der Waals surface area contributed by atoms with E-state index < -0.39 is 0 Å². The minimum Gasteiger partial charge on any atom is -0.342 e. The summed E-state index contributed by atoms with van der Waals surface area (Å²) >= 11 is 0. The van der Waals surface area contributed by atoms with Gasteiger partial charge < -0.3 is 15.5 Å². The van der Waals surface area contributed by atoms with E-state index in [0.29, 0.717) is 25.1 Å². The summed E-state index contributed by atoms with van der Waals surface area (Å²) in [4.78, 5) is 26.7. The number of likely N-dealkylation sites (tertiary alicyclic amines) is 1. The van der Waals surface area contributed by atoms with Crippen LogP contribution in [0.25, 0.3) is 0 Å². The first kappa shape index (κ1) is 19.1. The van der Waals surface area contributed by atoms with Crippen molar-refractivity contribution in [3.8, 4) is 0 Å². The number of benzene rings is 1. The molecule has 0 bridgehead atoms. The zero-order valence-corrected chi connectivity index (χ0v) is 15.5. The quantitative estimate of drug-likeness (QED) is 0.845. The molecule has 2 amide bonds. The minimum atomic E-state index is -0.311. The third-order valence-corrected chi connectivity index (χ3v) is 5.50. The summed E-state index contributed by atoms with van der Waals surface area (Å²) in [6.07, 6.45) is 4.16. The number of anilines is 1. The van der Waals surface area contributed by atoms with E-state index in [1.54, 1.807) is 6.07 Å². The van der Waals surface area contributed by atoms with Crippen molar-refractivity contribution in [2.75, 3.05) is 25.0 Å². The van der Waals surface area contributed by atoms with Gasteiger partial charge in [0.1, 0.15) is 5.82 Å². The number of fused-ring (bicyclic) bond motifs is 1. The molecule has 7 heteroatoms. The third-order valence-electron chi connectivity index (χ3n) is 5.50. The monoisotopic (exact) mass is 381 g/mol. The molecule has 1 saturated heterocycles. The van der Waals surface area contributed by atoms with Crippen molar-refractivity contribution in [3.63, 3.8) is 0 Å². The number of hydrogen-bond acceptors (Lipinski definition) is 3. The summed E-state index contributed by atoms with van der Waals surface area (Å²) in [5, 5.41) is 5.98. The maximum Gasteiger partial charge on any atom is 0.229 e. The molecular formula is C19H25ClFN3O2. The Labute approximate surface area is 159 Å². The Morgan fingerprint density at radius 1 is 1.19 bits per heavy atom. The molecule has 0 aromatic heterocycles. The van der Waals surface area contributed by atoms with Crippen LogP contribution in [-0.2, 0) is 22.6 Å². The van der Waals surface area contributed by atoms with E-state index in [0.717, 1.165) is 44.3 Å². The Hall–Kier alpha value is -1.66. The molecule has 2 fully saturated rings. The number of carbonyl (C=O) groups excluding carboxylic acids is 2. The van der Waals surface area contributed by atoms with Gasteiger partial charge in [0.05, 0.1) is 11.6 Å². The fraction of sp³-hybridized carbons (Fsp3) is 0.579. The fourth-order valence-electron chi connectivity index (χ4n) is 3.84. The Kier molecular flexibility index (Phi) is 5.82. The molecule has 1 aliphatic carbocycles. The van der Waals surface area contributed by atoms with E-state index in [1.807, 2.05) is 11.0 Å². The van der Waals surface area contributed by atoms with Gasteiger partial charge in [-0.15, -0.1) is 12.4 Å². The molecule has 1 atom stereocenters. The van der Waals surface area contributed by atoms with Crippen LogP contribution in [0.1, 0.15) is 36.8 Å². The van der Waals surface area contributed by atoms with Crippen molar-refractivity contribution < 1.29 is 14.0 Å². The van der Waals surface area contributed by atoms with Crippen molar-refractivity contribution in [2.45, 2.75) is 38.6 Å². The molecule has 5 nitrogen and oxygen atoms in total. The van der Waals surface area contributed by atoms with E-state index in [4.69, 9.17) is 0 Å². The van der Waals surface area contributed by atoms with Crippen LogP contribution in [0.2, 0.25) is 0 Å². The molecule has 3 aliphatic rings. The van der Waals surface area contributed by atoms with E-state index in [9.17, 15) is 14.0 Å². The minimum absolute atomic E-state index is 0. The largest absolute Gasteiger partial charge is 0.342 e. The van der Waals surface area contributed by atoms with Gasteiger partial charge in [-0.05, 0) is 55.8 Å². The highest BCUT2D eigenvalue weighted by molar-refractivity contribution is 5.93. The zero-order chi connectivity index (χ0) is 17.4. The average molecular weight is 382 g/mol. The van der Waals surface area contributed by atoms with Gasteiger partial charge in [-0.2, -0.15) is 0 Å². The molecule has 2 aliphatic heterocycles. The summed E-state index contributed by atoms with van der Waals surface area (Å²) in [7, 11) is 0. The Bertz CT molecular complexity index is 708. The van der Waals surface area contributed by atoms with Crippen LogP contribution >= 0.6 is 12.4 Å². The first-order chi connectivity index (χ1) is 12.1. The van der Waals surface area contributed by atoms with Crippen molar-refractivity contribution in [2.24, 2.45) is 11.8 Å². The number of piperidine rings is 1. The highest BCUT2D eigenvalue weighted by Crippen LogP contribution is 2.33. The fourth-order valence-corrected chi connectivity index (χ4v) is 3.84. The lowest BCUT2D eigenvalue weighted by Gasteiger charge is -2.32. The molecule has 0 radical (unpaired) electrons. The lowest BCUT2D eigenvalue weighted by atomic mass is 9.96. The molecular weight excluding hydrogens is 357 g/mol. The molecule has 1 unspecified atom stereocenters. The SMILES string of the molecule is Cl.O=C(Nc1ccc2c(c1F)CCNC2)C1CCCN(C(=O)C2CC2)C1. The van der Waals surface area contributed by atoms with Crippen LogP contribution in [0.5, 0.6) is 0 Å². The summed E-state index contributed by atoms with van der Waals surface area (Å²) in [5.74, 6) is -0.387. The van der Waals surface area contributed by atoms with Crippen molar-refractivity contribution in [1.82, 2.24) is 10.2 Å². The van der Waals surface area contributed by atoms with E-state index >= 15 is 0 Å². The number of amides is 2. The predicted octanol–water partition coefficient (Wildman–Crippen LogP) is 2.48. The molecule has 2 N–H and O–H groups in total. The van der Waals surface area contributed by atoms with Crippen LogP contribution in [-0.4, -0.2) is 36.3 Å². The van der Waals surface area contributed by atoms with Gasteiger partial charge in [0, 0.05) is 25.6 Å². The second kappa shape index (κ2) is 7.92. The topological polar surface area (TPSA) is 61.4 Å². The van der Waals surface area contributed by atoms with Crippen molar-refractivity contribution in [1.29, 1.82) is 0 Å². The van der Waals surface area contributed by atoms with Gasteiger partial charge in [0.15, 0.2) is 0 Å². The molecule has 26 heavy (non-hydrogen) atoms. The van der Waals surface area contributed by atoms with Gasteiger partial charge in [-0.25, -0.2) is 4.39 Å². The standard InChI is InChI=1S/C19H24FN3O2.ClH/c20-17-15-7-8-21-10-13(15)5-6-16(17)22-18(24)14-2-1-9-23(11-14)19(25)12-3-4-12;/h5-6,12,14,21H,1-4,7-11H2,(H,22,24);1H. The van der Waals surface area contributed by atoms with E-state index in [-0.39, 0.29) is 47.6 Å². The van der Waals surface area contributed by atoms with E-state index in [2.05, 4.69) is 10.6 Å². The van der Waals surface area contributed by atoms with Crippen molar-refractivity contribution >= 4 is 29.9 Å². The highest BCUT2D eigenvalue weighted by atomic mass is 35.5. The molecule has 4 rings (SSSR count). The maximum absolute atomic E-state index is 14.7.